The highest BCUT2D eigenvalue weighted by Gasteiger charge is 2.32. The summed E-state index contributed by atoms with van der Waals surface area (Å²) in [4.78, 5) is 9.66. The molecule has 1 rings (SSSR count). The smallest absolute Gasteiger partial charge is 0.258 e. The van der Waals surface area contributed by atoms with Crippen molar-refractivity contribution >= 4 is 11.8 Å². The number of nitro groups is 1. The highest BCUT2D eigenvalue weighted by atomic mass is 19.4. The second-order valence-corrected chi connectivity index (χ2v) is 2.99. The number of halogens is 3. The number of hydrogen-bond acceptors (Lipinski definition) is 3. The van der Waals surface area contributed by atoms with Crippen LogP contribution in [-0.2, 0) is 6.18 Å². The number of allylic oxidation sites excluding steroid dienone is 1. The molecule has 0 heterocycles. The second kappa shape index (κ2) is 4.65. The molecule has 17 heavy (non-hydrogen) atoms. The van der Waals surface area contributed by atoms with Crippen molar-refractivity contribution in [3.63, 3.8) is 0 Å². The predicted octanol–water partition coefficient (Wildman–Crippen LogP) is 3.15. The van der Waals surface area contributed by atoms with Crippen LogP contribution in [0.4, 0.5) is 18.9 Å². The maximum Gasteiger partial charge on any atom is 0.416 e. The Hall–Kier alpha value is -2.36. The fraction of sp³-hybridized carbons (Fsp3) is 0.100. The lowest BCUT2D eigenvalue weighted by Gasteiger charge is -2.06. The quantitative estimate of drug-likeness (QED) is 0.454. The Labute approximate surface area is 93.7 Å². The van der Waals surface area contributed by atoms with Crippen molar-refractivity contribution in [3.05, 3.63) is 45.5 Å². The number of alkyl halides is 3. The van der Waals surface area contributed by atoms with E-state index in [0.29, 0.717) is 6.07 Å². The highest BCUT2D eigenvalue weighted by molar-refractivity contribution is 5.63. The molecule has 0 spiro atoms. The molecule has 4 nitrogen and oxygen atoms in total. The van der Waals surface area contributed by atoms with Gasteiger partial charge in [-0.15, -0.1) is 0 Å². The van der Waals surface area contributed by atoms with Crippen LogP contribution in [0.1, 0.15) is 11.1 Å². The summed E-state index contributed by atoms with van der Waals surface area (Å²) in [7, 11) is 0. The van der Waals surface area contributed by atoms with E-state index in [0.717, 1.165) is 24.3 Å². The van der Waals surface area contributed by atoms with Crippen LogP contribution < -0.4 is 0 Å². The molecule has 1 aromatic rings. The molecule has 0 saturated heterocycles. The van der Waals surface area contributed by atoms with Gasteiger partial charge in [0.25, 0.3) is 5.69 Å². The number of nitrogens with zero attached hydrogens (tertiary/aromatic N) is 2. The van der Waals surface area contributed by atoms with Gasteiger partial charge < -0.3 is 0 Å². The normalized spacial score (nSPS) is 11.4. The fourth-order valence-corrected chi connectivity index (χ4v) is 1.15. The van der Waals surface area contributed by atoms with Gasteiger partial charge in [-0.3, -0.25) is 10.1 Å². The highest BCUT2D eigenvalue weighted by Crippen LogP contribution is 2.33. The van der Waals surface area contributed by atoms with E-state index in [1.807, 2.05) is 0 Å². The Balaban J connectivity index is 3.33. The van der Waals surface area contributed by atoms with Crippen LogP contribution in [0.2, 0.25) is 0 Å². The van der Waals surface area contributed by atoms with Gasteiger partial charge in [0.05, 0.1) is 22.1 Å². The van der Waals surface area contributed by atoms with Gasteiger partial charge in [-0.25, -0.2) is 0 Å². The molecule has 0 radical (unpaired) electrons. The van der Waals surface area contributed by atoms with E-state index in [9.17, 15) is 23.3 Å². The van der Waals surface area contributed by atoms with E-state index in [1.54, 1.807) is 6.07 Å². The van der Waals surface area contributed by atoms with Gasteiger partial charge in [0.2, 0.25) is 0 Å². The number of nitro benzene ring substituents is 1. The maximum absolute atomic E-state index is 12.3. The Morgan fingerprint density at radius 1 is 1.41 bits per heavy atom. The van der Waals surface area contributed by atoms with Gasteiger partial charge in [0.1, 0.15) is 0 Å². The minimum Gasteiger partial charge on any atom is -0.258 e. The topological polar surface area (TPSA) is 66.9 Å². The van der Waals surface area contributed by atoms with E-state index in [2.05, 4.69) is 0 Å². The third-order valence-corrected chi connectivity index (χ3v) is 1.89. The van der Waals surface area contributed by atoms with Crippen LogP contribution in [0.5, 0.6) is 0 Å². The summed E-state index contributed by atoms with van der Waals surface area (Å²) in [6.07, 6.45) is -2.60. The van der Waals surface area contributed by atoms with Crippen LogP contribution in [0.25, 0.3) is 6.08 Å². The van der Waals surface area contributed by atoms with Gasteiger partial charge in [-0.2, -0.15) is 18.4 Å². The summed E-state index contributed by atoms with van der Waals surface area (Å²) in [6.45, 7) is 0. The zero-order valence-electron chi connectivity index (χ0n) is 8.23. The summed E-state index contributed by atoms with van der Waals surface area (Å²) in [5.41, 5.74) is -1.84. The van der Waals surface area contributed by atoms with Gasteiger partial charge in [-0.1, -0.05) is 0 Å². The summed E-state index contributed by atoms with van der Waals surface area (Å²) in [5, 5.41) is 18.8. The van der Waals surface area contributed by atoms with Crippen LogP contribution in [-0.4, -0.2) is 4.92 Å². The van der Waals surface area contributed by atoms with Crippen LogP contribution in [0.15, 0.2) is 24.3 Å². The van der Waals surface area contributed by atoms with E-state index < -0.39 is 22.4 Å². The van der Waals surface area contributed by atoms with E-state index >= 15 is 0 Å². The molecule has 1 aromatic carbocycles. The van der Waals surface area contributed by atoms with Gasteiger partial charge in [0, 0.05) is 12.1 Å². The lowest BCUT2D eigenvalue weighted by molar-refractivity contribution is -0.385. The molecule has 0 bridgehead atoms. The molecule has 88 valence electrons. The molecule has 0 aliphatic rings. The lowest BCUT2D eigenvalue weighted by atomic mass is 10.1. The monoisotopic (exact) mass is 242 g/mol. The largest absolute Gasteiger partial charge is 0.416 e. The van der Waals surface area contributed by atoms with Gasteiger partial charge >= 0.3 is 6.18 Å². The van der Waals surface area contributed by atoms with Crippen LogP contribution in [0.3, 0.4) is 0 Å². The molecule has 0 saturated carbocycles. The molecule has 7 heteroatoms. The first-order valence-corrected chi connectivity index (χ1v) is 4.28. The van der Waals surface area contributed by atoms with Gasteiger partial charge in [-0.05, 0) is 18.2 Å². The minimum atomic E-state index is -4.64. The average Bonchev–Trinajstić information content (AvgIpc) is 2.24. The SMILES string of the molecule is N#CC=Cc1ccc(C(F)(F)F)cc1[N+](=O)[O-]. The number of nitriles is 1. The second-order valence-electron chi connectivity index (χ2n) is 2.99. The molecular formula is C10H5F3N2O2. The first-order valence-electron chi connectivity index (χ1n) is 4.28. The Bertz CT molecular complexity index is 515. The molecule has 0 atom stereocenters. The Morgan fingerprint density at radius 3 is 2.53 bits per heavy atom. The number of rotatable bonds is 2. The fourth-order valence-electron chi connectivity index (χ4n) is 1.15. The molecular weight excluding hydrogens is 237 g/mol. The third kappa shape index (κ3) is 3.04. The van der Waals surface area contributed by atoms with E-state index in [-0.39, 0.29) is 5.56 Å². The summed E-state index contributed by atoms with van der Waals surface area (Å²) in [6, 6.07) is 3.72. The first-order chi connectivity index (χ1) is 7.86. The van der Waals surface area contributed by atoms with Crippen LogP contribution >= 0.6 is 0 Å². The Morgan fingerprint density at radius 2 is 2.06 bits per heavy atom. The molecule has 0 aliphatic carbocycles. The standard InChI is InChI=1S/C10H5F3N2O2/c11-10(12,13)8-4-3-7(2-1-5-14)9(6-8)15(16)17/h1-4,6H. The van der Waals surface area contributed by atoms with Crippen molar-refractivity contribution in [1.29, 1.82) is 5.26 Å². The van der Waals surface area contributed by atoms with Crippen molar-refractivity contribution in [2.24, 2.45) is 0 Å². The zero-order chi connectivity index (χ0) is 13.1. The predicted molar refractivity (Wildman–Crippen MR) is 52.7 cm³/mol. The van der Waals surface area contributed by atoms with Crippen molar-refractivity contribution in [1.82, 2.24) is 0 Å². The summed E-state index contributed by atoms with van der Waals surface area (Å²) < 4.78 is 37.0. The minimum absolute atomic E-state index is 0.0513. The maximum atomic E-state index is 12.3. The van der Waals surface area contributed by atoms with Crippen molar-refractivity contribution < 1.29 is 18.1 Å². The summed E-state index contributed by atoms with van der Waals surface area (Å²) in [5.74, 6) is 0. The average molecular weight is 242 g/mol. The van der Waals surface area contributed by atoms with E-state index in [4.69, 9.17) is 5.26 Å². The molecule has 0 aliphatic heterocycles. The Kier molecular flexibility index (Phi) is 3.48. The summed E-state index contributed by atoms with van der Waals surface area (Å²) >= 11 is 0. The first kappa shape index (κ1) is 12.7. The lowest BCUT2D eigenvalue weighted by Crippen LogP contribution is -2.06. The molecule has 0 N–H and O–H groups in total. The zero-order valence-corrected chi connectivity index (χ0v) is 8.23. The molecule has 0 fully saturated rings. The van der Waals surface area contributed by atoms with Crippen molar-refractivity contribution in [3.8, 4) is 6.07 Å². The molecule has 0 amide bonds. The van der Waals surface area contributed by atoms with Crippen LogP contribution in [0, 0.1) is 21.4 Å². The van der Waals surface area contributed by atoms with Gasteiger partial charge in [0.15, 0.2) is 0 Å². The molecule has 0 unspecified atom stereocenters. The molecule has 0 aromatic heterocycles. The van der Waals surface area contributed by atoms with Crippen molar-refractivity contribution in [2.45, 2.75) is 6.18 Å². The third-order valence-electron chi connectivity index (χ3n) is 1.89. The number of hydrogen-bond donors (Lipinski definition) is 0. The van der Waals surface area contributed by atoms with E-state index in [1.165, 1.54) is 0 Å². The number of benzene rings is 1. The van der Waals surface area contributed by atoms with Crippen molar-refractivity contribution in [2.75, 3.05) is 0 Å².